The highest BCUT2D eigenvalue weighted by Crippen LogP contribution is 2.17. The molecule has 0 saturated heterocycles. The van der Waals surface area contributed by atoms with Crippen LogP contribution in [-0.2, 0) is 13.0 Å². The number of aryl methyl sites for hydroxylation is 1. The molecule has 0 saturated carbocycles. The lowest BCUT2D eigenvalue weighted by atomic mass is 10.3. The van der Waals surface area contributed by atoms with Gasteiger partial charge in [0, 0.05) is 18.8 Å². The Labute approximate surface area is 158 Å². The van der Waals surface area contributed by atoms with E-state index in [2.05, 4.69) is 32.4 Å². The van der Waals surface area contributed by atoms with Crippen molar-refractivity contribution in [3.63, 3.8) is 0 Å². The van der Waals surface area contributed by atoms with Gasteiger partial charge in [-0.2, -0.15) is 0 Å². The van der Waals surface area contributed by atoms with Gasteiger partial charge in [0.05, 0.1) is 12.2 Å². The van der Waals surface area contributed by atoms with Crippen LogP contribution in [0.4, 0.5) is 5.13 Å². The average molecular weight is 386 g/mol. The van der Waals surface area contributed by atoms with Gasteiger partial charge in [0.15, 0.2) is 0 Å². The number of hydrogen-bond donors (Lipinski definition) is 2. The molecule has 27 heavy (non-hydrogen) atoms. The van der Waals surface area contributed by atoms with E-state index in [1.54, 1.807) is 24.4 Å². The number of anilines is 1. The first-order chi connectivity index (χ1) is 13.1. The van der Waals surface area contributed by atoms with Crippen LogP contribution in [0.3, 0.4) is 0 Å². The number of pyridine rings is 1. The molecule has 0 aliphatic carbocycles. The maximum atomic E-state index is 12.6. The molecule has 0 aliphatic heterocycles. The van der Waals surface area contributed by atoms with Crippen molar-refractivity contribution >= 4 is 22.4 Å². The number of nitrogens with one attached hydrogen (secondary N) is 2. The van der Waals surface area contributed by atoms with E-state index in [1.807, 2.05) is 0 Å². The summed E-state index contributed by atoms with van der Waals surface area (Å²) in [6.07, 6.45) is 5.49. The minimum Gasteiger partial charge on any atom is -0.313 e. The zero-order valence-corrected chi connectivity index (χ0v) is 15.5. The number of rotatable bonds is 7. The second kappa shape index (κ2) is 8.49. The summed E-state index contributed by atoms with van der Waals surface area (Å²) in [6, 6.07) is 5.18. The monoisotopic (exact) mass is 386 g/mol. The summed E-state index contributed by atoms with van der Waals surface area (Å²) < 4.78 is 0.935. The van der Waals surface area contributed by atoms with Crippen LogP contribution in [0.1, 0.15) is 40.8 Å². The van der Waals surface area contributed by atoms with E-state index in [4.69, 9.17) is 0 Å². The standard InChI is InChI=1S/C17H18N6O3S/c1-2-3-7-13-21-22-16(27-13)20-14(24)12-9-19-17(26)23(15(12)25)10-11-6-4-5-8-18-11/h4-6,8-9H,2-3,7,10H2,1H3,(H,19,26)(H,20,22,24). The number of H-pyrrole nitrogens is 1. The number of nitrogens with zero attached hydrogens (tertiary/aromatic N) is 4. The van der Waals surface area contributed by atoms with Crippen molar-refractivity contribution < 1.29 is 4.79 Å². The summed E-state index contributed by atoms with van der Waals surface area (Å²) >= 11 is 1.27. The molecule has 0 aromatic carbocycles. The first-order valence-electron chi connectivity index (χ1n) is 8.44. The summed E-state index contributed by atoms with van der Waals surface area (Å²) in [4.78, 5) is 43.6. The first kappa shape index (κ1) is 18.6. The summed E-state index contributed by atoms with van der Waals surface area (Å²) in [5.41, 5.74) is -0.958. The number of carbonyl (C=O) groups excluding carboxylic acids is 1. The summed E-state index contributed by atoms with van der Waals surface area (Å²) in [5.74, 6) is -0.649. The van der Waals surface area contributed by atoms with Crippen LogP contribution in [0.5, 0.6) is 0 Å². The summed E-state index contributed by atoms with van der Waals surface area (Å²) in [5, 5.41) is 11.6. The Morgan fingerprint density at radius 2 is 2.15 bits per heavy atom. The molecule has 0 aliphatic rings. The quantitative estimate of drug-likeness (QED) is 0.633. The molecule has 1 amide bonds. The third-order valence-corrected chi connectivity index (χ3v) is 4.68. The lowest BCUT2D eigenvalue weighted by Gasteiger charge is -2.06. The molecule has 0 atom stereocenters. The van der Waals surface area contributed by atoms with Crippen molar-refractivity contribution in [3.05, 3.63) is 67.7 Å². The molecule has 0 fully saturated rings. The van der Waals surface area contributed by atoms with E-state index >= 15 is 0 Å². The molecule has 2 N–H and O–H groups in total. The Kier molecular flexibility index (Phi) is 5.87. The Hall–Kier alpha value is -3.14. The van der Waals surface area contributed by atoms with E-state index in [0.29, 0.717) is 10.8 Å². The topological polar surface area (TPSA) is 123 Å². The van der Waals surface area contributed by atoms with Crippen LogP contribution >= 0.6 is 11.3 Å². The molecule has 140 valence electrons. The number of hydrogen-bond acceptors (Lipinski definition) is 7. The Morgan fingerprint density at radius 1 is 1.30 bits per heavy atom. The Balaban J connectivity index is 1.81. The second-order valence-corrected chi connectivity index (χ2v) is 6.84. The average Bonchev–Trinajstić information content (AvgIpc) is 3.11. The third kappa shape index (κ3) is 4.53. The van der Waals surface area contributed by atoms with Crippen LogP contribution in [0, 0.1) is 0 Å². The zero-order chi connectivity index (χ0) is 19.2. The highest BCUT2D eigenvalue weighted by Gasteiger charge is 2.17. The molecule has 9 nitrogen and oxygen atoms in total. The molecule has 0 bridgehead atoms. The van der Waals surface area contributed by atoms with Gasteiger partial charge in [-0.15, -0.1) is 10.2 Å². The lowest BCUT2D eigenvalue weighted by molar-refractivity contribution is 0.102. The predicted octanol–water partition coefficient (Wildman–Crippen LogP) is 1.43. The molecular weight excluding hydrogens is 368 g/mol. The fourth-order valence-corrected chi connectivity index (χ4v) is 3.15. The number of carbonyl (C=O) groups is 1. The second-order valence-electron chi connectivity index (χ2n) is 5.78. The number of amides is 1. The number of aromatic nitrogens is 5. The fourth-order valence-electron chi connectivity index (χ4n) is 2.37. The number of unbranched alkanes of at least 4 members (excludes halogenated alkanes) is 1. The van der Waals surface area contributed by atoms with Gasteiger partial charge >= 0.3 is 5.69 Å². The molecule has 3 aromatic heterocycles. The molecule has 3 rings (SSSR count). The Morgan fingerprint density at radius 3 is 2.89 bits per heavy atom. The smallest absolute Gasteiger partial charge is 0.313 e. The van der Waals surface area contributed by atoms with Gasteiger partial charge in [-0.05, 0) is 18.6 Å². The van der Waals surface area contributed by atoms with E-state index in [-0.39, 0.29) is 12.1 Å². The van der Waals surface area contributed by atoms with Crippen LogP contribution in [-0.4, -0.2) is 30.6 Å². The van der Waals surface area contributed by atoms with Crippen LogP contribution < -0.4 is 16.6 Å². The summed E-state index contributed by atoms with van der Waals surface area (Å²) in [6.45, 7) is 2.05. The summed E-state index contributed by atoms with van der Waals surface area (Å²) in [7, 11) is 0. The lowest BCUT2D eigenvalue weighted by Crippen LogP contribution is -2.39. The molecule has 10 heteroatoms. The van der Waals surface area contributed by atoms with Crippen molar-refractivity contribution in [3.8, 4) is 0 Å². The van der Waals surface area contributed by atoms with E-state index < -0.39 is 17.2 Å². The van der Waals surface area contributed by atoms with Gasteiger partial charge in [-0.3, -0.25) is 24.5 Å². The van der Waals surface area contributed by atoms with Crippen molar-refractivity contribution in [1.82, 2.24) is 24.7 Å². The van der Waals surface area contributed by atoms with Gasteiger partial charge in [0.2, 0.25) is 5.13 Å². The van der Waals surface area contributed by atoms with Gasteiger partial charge in [0.1, 0.15) is 10.6 Å². The maximum absolute atomic E-state index is 12.6. The first-order valence-corrected chi connectivity index (χ1v) is 9.26. The SMILES string of the molecule is CCCCc1nnc(NC(=O)c2c[nH]c(=O)n(Cc3ccccn3)c2=O)s1. The van der Waals surface area contributed by atoms with E-state index in [9.17, 15) is 14.4 Å². The maximum Gasteiger partial charge on any atom is 0.328 e. The minimum absolute atomic E-state index is 0.0316. The zero-order valence-electron chi connectivity index (χ0n) is 14.6. The largest absolute Gasteiger partial charge is 0.328 e. The highest BCUT2D eigenvalue weighted by atomic mass is 32.1. The fraction of sp³-hybridized carbons (Fsp3) is 0.294. The van der Waals surface area contributed by atoms with Gasteiger partial charge in [-0.25, -0.2) is 4.79 Å². The highest BCUT2D eigenvalue weighted by molar-refractivity contribution is 7.15. The van der Waals surface area contributed by atoms with Crippen LogP contribution in [0.15, 0.2) is 40.2 Å². The van der Waals surface area contributed by atoms with Gasteiger partial charge in [0.25, 0.3) is 11.5 Å². The minimum atomic E-state index is -0.697. The predicted molar refractivity (Wildman–Crippen MR) is 101 cm³/mol. The molecule has 0 radical (unpaired) electrons. The van der Waals surface area contributed by atoms with Gasteiger partial charge < -0.3 is 4.98 Å². The molecule has 0 spiro atoms. The third-order valence-electron chi connectivity index (χ3n) is 3.78. The molecular formula is C17H18N6O3S. The molecule has 0 unspecified atom stereocenters. The van der Waals surface area contributed by atoms with E-state index in [1.165, 1.54) is 11.3 Å². The van der Waals surface area contributed by atoms with Crippen molar-refractivity contribution in [1.29, 1.82) is 0 Å². The van der Waals surface area contributed by atoms with Crippen LogP contribution in [0.25, 0.3) is 0 Å². The van der Waals surface area contributed by atoms with Crippen molar-refractivity contribution in [2.45, 2.75) is 32.7 Å². The molecule has 3 heterocycles. The normalized spacial score (nSPS) is 10.7. The van der Waals surface area contributed by atoms with Gasteiger partial charge in [-0.1, -0.05) is 30.7 Å². The molecule has 3 aromatic rings. The van der Waals surface area contributed by atoms with Crippen molar-refractivity contribution in [2.75, 3.05) is 5.32 Å². The Bertz CT molecular complexity index is 1040. The van der Waals surface area contributed by atoms with Crippen LogP contribution in [0.2, 0.25) is 0 Å². The van der Waals surface area contributed by atoms with E-state index in [0.717, 1.165) is 35.0 Å². The number of aromatic amines is 1. The van der Waals surface area contributed by atoms with Crippen molar-refractivity contribution in [2.24, 2.45) is 0 Å².